The summed E-state index contributed by atoms with van der Waals surface area (Å²) < 4.78 is 45.6. The molecule has 0 aliphatic heterocycles. The number of amides is 7. The standard InChI is InChI=1S/C47H68F3N7O11/c1-9-10-20-31(37(60)39(51)61)53-40(62)32(21-27(2)3)55-44(66)38(45(5,6)7)57-41(63)33(22-30-19-15-14-16-28(30)4)54-43(65)35(26-68-25-29-17-12-11-13-18-29)56-42(64)34(24-58)52-36(59)23-46(8,67)47(48,49)50/h11-19,27,31-35,38,58,67H,9-10,20-26H2,1-8H3,(H2,51,61)(H,52,59)(H,53,62)(H,54,65)(H,55,66)(H,56,64)(H,57,63)/t31?,32-,33-,34-,35+,38+,46?/m0/s1. The van der Waals surface area contributed by atoms with Gasteiger partial charge in [0.05, 0.1) is 32.3 Å². The zero-order valence-electron chi connectivity index (χ0n) is 39.9. The molecule has 2 aromatic carbocycles. The summed E-state index contributed by atoms with van der Waals surface area (Å²) in [5, 5.41) is 34.6. The summed E-state index contributed by atoms with van der Waals surface area (Å²) in [6.07, 6.45) is -5.54. The molecule has 0 heterocycles. The minimum Gasteiger partial charge on any atom is -0.394 e. The summed E-state index contributed by atoms with van der Waals surface area (Å²) >= 11 is 0. The van der Waals surface area contributed by atoms with Gasteiger partial charge < -0.3 is 52.6 Å². The molecule has 2 aromatic rings. The van der Waals surface area contributed by atoms with Crippen molar-refractivity contribution in [3.05, 3.63) is 71.3 Å². The second-order valence-electron chi connectivity index (χ2n) is 18.4. The van der Waals surface area contributed by atoms with E-state index in [1.54, 1.807) is 96.1 Å². The lowest BCUT2D eigenvalue weighted by molar-refractivity contribution is -0.253. The van der Waals surface area contributed by atoms with Gasteiger partial charge in [0, 0.05) is 6.42 Å². The van der Waals surface area contributed by atoms with Crippen LogP contribution in [0, 0.1) is 18.3 Å². The van der Waals surface area contributed by atoms with Crippen LogP contribution >= 0.6 is 0 Å². The lowest BCUT2D eigenvalue weighted by Crippen LogP contribution is -2.63. The Labute approximate surface area is 394 Å². The summed E-state index contributed by atoms with van der Waals surface area (Å²) in [7, 11) is 0. The zero-order valence-corrected chi connectivity index (χ0v) is 39.9. The van der Waals surface area contributed by atoms with Gasteiger partial charge in [0.1, 0.15) is 30.2 Å². The number of hydrogen-bond donors (Lipinski definition) is 9. The van der Waals surface area contributed by atoms with E-state index in [0.717, 1.165) is 5.56 Å². The average molecular weight is 964 g/mol. The number of alkyl halides is 3. The summed E-state index contributed by atoms with van der Waals surface area (Å²) in [6, 6.07) is 6.70. The predicted octanol–water partition coefficient (Wildman–Crippen LogP) is 1.70. The molecule has 7 amide bonds. The number of benzene rings is 2. The molecule has 0 aliphatic carbocycles. The van der Waals surface area contributed by atoms with Crippen LogP contribution in [0.25, 0.3) is 0 Å². The first-order chi connectivity index (χ1) is 31.6. The van der Waals surface area contributed by atoms with Crippen molar-refractivity contribution in [1.29, 1.82) is 0 Å². The summed E-state index contributed by atoms with van der Waals surface area (Å²) in [6.45, 7) is 10.7. The zero-order chi connectivity index (χ0) is 51.6. The number of Topliss-reactive ketones (excluding diaryl/α,β-unsaturated/α-hetero) is 1. The molecular weight excluding hydrogens is 896 g/mol. The lowest BCUT2D eigenvalue weighted by Gasteiger charge is -2.34. The summed E-state index contributed by atoms with van der Waals surface area (Å²) in [5.74, 6) is -8.51. The van der Waals surface area contributed by atoms with Crippen LogP contribution in [-0.4, -0.2) is 119 Å². The third kappa shape index (κ3) is 19.0. The predicted molar refractivity (Wildman–Crippen MR) is 244 cm³/mol. The van der Waals surface area contributed by atoms with Gasteiger partial charge in [0.25, 0.3) is 5.91 Å². The first-order valence-electron chi connectivity index (χ1n) is 22.3. The van der Waals surface area contributed by atoms with Gasteiger partial charge in [-0.1, -0.05) is 109 Å². The Balaban J connectivity index is 2.51. The van der Waals surface area contributed by atoms with Crippen LogP contribution < -0.4 is 37.6 Å². The van der Waals surface area contributed by atoms with Crippen LogP contribution in [0.15, 0.2) is 54.6 Å². The van der Waals surface area contributed by atoms with Gasteiger partial charge in [-0.2, -0.15) is 13.2 Å². The number of aryl methyl sites for hydroxylation is 1. The molecule has 21 heteroatoms. The molecular formula is C47H68F3N7O11. The smallest absolute Gasteiger partial charge is 0.394 e. The van der Waals surface area contributed by atoms with Crippen LogP contribution in [0.2, 0.25) is 0 Å². The normalized spacial score (nSPS) is 15.3. The van der Waals surface area contributed by atoms with Gasteiger partial charge in [0.15, 0.2) is 5.60 Å². The van der Waals surface area contributed by atoms with Crippen LogP contribution in [0.3, 0.4) is 0 Å². The summed E-state index contributed by atoms with van der Waals surface area (Å²) in [4.78, 5) is 107. The van der Waals surface area contributed by atoms with E-state index in [9.17, 15) is 61.7 Å². The van der Waals surface area contributed by atoms with Crippen molar-refractivity contribution < 1.29 is 66.5 Å². The molecule has 0 aromatic heterocycles. The van der Waals surface area contributed by atoms with E-state index in [-0.39, 0.29) is 31.8 Å². The van der Waals surface area contributed by atoms with Gasteiger partial charge in [-0.25, -0.2) is 0 Å². The number of ether oxygens (including phenoxy) is 1. The molecule has 378 valence electrons. The highest BCUT2D eigenvalue weighted by Gasteiger charge is 2.51. The number of aliphatic hydroxyl groups excluding tert-OH is 1. The molecule has 68 heavy (non-hydrogen) atoms. The van der Waals surface area contributed by atoms with E-state index in [2.05, 4.69) is 26.6 Å². The molecule has 2 rings (SSSR count). The number of halogens is 3. The largest absolute Gasteiger partial charge is 0.417 e. The van der Waals surface area contributed by atoms with Crippen LogP contribution in [0.5, 0.6) is 0 Å². The van der Waals surface area contributed by atoms with E-state index in [0.29, 0.717) is 30.9 Å². The minimum absolute atomic E-state index is 0.0701. The Bertz CT molecular complexity index is 2040. The molecule has 0 saturated carbocycles. The van der Waals surface area contributed by atoms with Crippen LogP contribution in [-0.2, 0) is 56.1 Å². The second-order valence-corrected chi connectivity index (χ2v) is 18.4. The number of hydrogen-bond acceptors (Lipinski definition) is 11. The van der Waals surface area contributed by atoms with Crippen molar-refractivity contribution in [2.75, 3.05) is 13.2 Å². The van der Waals surface area contributed by atoms with Crippen LogP contribution in [0.1, 0.15) is 97.3 Å². The molecule has 2 unspecified atom stereocenters. The van der Waals surface area contributed by atoms with Gasteiger partial charge >= 0.3 is 6.18 Å². The van der Waals surface area contributed by atoms with E-state index >= 15 is 0 Å². The van der Waals surface area contributed by atoms with Gasteiger partial charge in [-0.15, -0.1) is 0 Å². The van der Waals surface area contributed by atoms with E-state index < -0.39 is 120 Å². The van der Waals surface area contributed by atoms with E-state index in [1.807, 2.05) is 12.2 Å². The molecule has 0 spiro atoms. The number of aliphatic hydroxyl groups is 2. The van der Waals surface area contributed by atoms with Crippen molar-refractivity contribution in [1.82, 2.24) is 31.9 Å². The Kier molecular flexibility index (Phi) is 22.7. The molecule has 0 aliphatic rings. The number of carbonyl (C=O) groups excluding carboxylic acids is 8. The third-order valence-corrected chi connectivity index (χ3v) is 10.8. The number of ketones is 1. The Morgan fingerprint density at radius 1 is 0.706 bits per heavy atom. The van der Waals surface area contributed by atoms with E-state index in [1.165, 1.54) is 0 Å². The Hall–Kier alpha value is -5.93. The highest BCUT2D eigenvalue weighted by Crippen LogP contribution is 2.32. The maximum Gasteiger partial charge on any atom is 0.417 e. The fraction of sp³-hybridized carbons (Fsp3) is 0.574. The van der Waals surface area contributed by atoms with Crippen molar-refractivity contribution in [2.24, 2.45) is 17.1 Å². The maximum atomic E-state index is 14.5. The van der Waals surface area contributed by atoms with Crippen molar-refractivity contribution >= 4 is 47.1 Å². The number of rotatable bonds is 27. The monoisotopic (exact) mass is 963 g/mol. The molecule has 10 N–H and O–H groups in total. The second kappa shape index (κ2) is 26.6. The highest BCUT2D eigenvalue weighted by atomic mass is 19.4. The molecule has 18 nitrogen and oxygen atoms in total. The van der Waals surface area contributed by atoms with Crippen molar-refractivity contribution in [3.8, 4) is 0 Å². The first kappa shape index (κ1) is 58.2. The first-order valence-corrected chi connectivity index (χ1v) is 22.3. The number of primary amides is 1. The molecule has 0 radical (unpaired) electrons. The average Bonchev–Trinajstić information content (AvgIpc) is 3.24. The Morgan fingerprint density at radius 2 is 1.24 bits per heavy atom. The maximum absolute atomic E-state index is 14.5. The highest BCUT2D eigenvalue weighted by molar-refractivity contribution is 6.37. The third-order valence-electron chi connectivity index (χ3n) is 10.8. The summed E-state index contributed by atoms with van der Waals surface area (Å²) in [5.41, 5.74) is 2.72. The van der Waals surface area contributed by atoms with Crippen molar-refractivity contribution in [2.45, 2.75) is 149 Å². The van der Waals surface area contributed by atoms with Crippen molar-refractivity contribution in [3.63, 3.8) is 0 Å². The number of nitrogens with two attached hydrogens (primary N) is 1. The van der Waals surface area contributed by atoms with Gasteiger partial charge in [-0.05, 0) is 54.7 Å². The number of carbonyl (C=O) groups is 8. The minimum atomic E-state index is -5.21. The SMILES string of the molecule is CCCCC(NC(=O)[C@H](CC(C)C)NC(=O)[C@@H](NC(=O)[C@H](Cc1ccccc1C)NC(=O)[C@@H](COCc1ccccc1)NC(=O)[C@H](CO)NC(=O)CC(C)(O)C(F)(F)F)C(C)(C)C)C(=O)C(N)=O. The Morgan fingerprint density at radius 3 is 1.78 bits per heavy atom. The van der Waals surface area contributed by atoms with E-state index in [4.69, 9.17) is 10.5 Å². The quantitative estimate of drug-likeness (QED) is 0.0581. The topological polar surface area (TPSA) is 284 Å². The number of nitrogens with one attached hydrogen (secondary N) is 6. The van der Waals surface area contributed by atoms with Gasteiger partial charge in [0.2, 0.25) is 41.2 Å². The molecule has 0 bridgehead atoms. The van der Waals surface area contributed by atoms with Gasteiger partial charge in [-0.3, -0.25) is 38.4 Å². The fourth-order valence-corrected chi connectivity index (χ4v) is 6.71. The molecule has 7 atom stereocenters. The number of unbranched alkanes of at least 4 members (excludes halogenated alkanes) is 1. The lowest BCUT2D eigenvalue weighted by atomic mass is 9.85. The fourth-order valence-electron chi connectivity index (χ4n) is 6.71. The van der Waals surface area contributed by atoms with Crippen LogP contribution in [0.4, 0.5) is 13.2 Å². The molecule has 0 fully saturated rings. The molecule has 0 saturated heterocycles.